The molecule has 2 aliphatic heterocycles. The van der Waals surface area contributed by atoms with Crippen LogP contribution in [0.3, 0.4) is 0 Å². The lowest BCUT2D eigenvalue weighted by molar-refractivity contribution is -0.117. The molecule has 7 heterocycles. The largest absolute Gasteiger partial charge is 0.497 e. The number of methoxy groups -OCH3 is 4. The minimum Gasteiger partial charge on any atom is -0.497 e. The minimum atomic E-state index is -3.69. The molecule has 10 aromatic carbocycles. The minimum absolute atomic E-state index is 0. The first kappa shape index (κ1) is 95.9. The maximum atomic E-state index is 13.2. The molecule has 10 N–H and O–H groups in total. The fourth-order valence-corrected chi connectivity index (χ4v) is 18.3. The van der Waals surface area contributed by atoms with E-state index >= 15 is 0 Å². The van der Waals surface area contributed by atoms with Crippen molar-refractivity contribution in [1.82, 2.24) is 54.2 Å². The molecular weight excluding hydrogens is 1780 g/mol. The van der Waals surface area contributed by atoms with Gasteiger partial charge in [0.05, 0.1) is 88.9 Å². The molecule has 0 bridgehead atoms. The molecule has 0 radical (unpaired) electrons. The Bertz CT molecular complexity index is 6870. The Hall–Kier alpha value is -15.7. The highest BCUT2D eigenvalue weighted by Gasteiger charge is 2.43. The molecule has 0 saturated carbocycles. The molecule has 4 amide bonds. The maximum Gasteiger partial charge on any atom is 0.418 e. The number of benzene rings is 10. The Kier molecular flexibility index (Phi) is 30.2. The van der Waals surface area contributed by atoms with Gasteiger partial charge in [0.2, 0.25) is 23.7 Å². The standard InChI is InChI=1S/C52H49N7O12S.C49H46N6O8.2H2O/c1-66-37-21-17-35(18-22-37)52(34-11-5-3-6-12-34,36-19-23-38(67-2)24-20-36)69-32-39-25-26-45(70-39)59-33-54-46-47(59)56-49(57-48(46)61)55-44(60)27-28-53-50(62)71-43-31-58(42-16-10-9-15-41(42)43)51(63)68-29-30-72(64,65)40-13-7-4-8-14-40;1-59-34-20-16-32(17-21-34)49(31-10-4-3-5-11-31,33-18-22-35(60-2)23-19-33)62-28-36-24-25-43(63-36)55-30-51-44-45(55)53-47(54-46(44)57)52-42(56)26-27-50-48(58)61-29-41-39-14-8-6-12-37(39)38-13-7-9-15-40(38)41;;/h3-24,31,33,39,45H,25-30,32H2,1-2H3,(H,53,62)(H2,55,56,57,60,61);3-23,30,36,41,43H,24-29H2,1-2H3,(H,50,58)(H2,52,53,54,56,57);2*1H2/t39-,45+;36-,43+;;/m00../s1. The van der Waals surface area contributed by atoms with Gasteiger partial charge in [-0.3, -0.25) is 48.9 Å². The predicted molar refractivity (Wildman–Crippen MR) is 507 cm³/mol. The SMILES string of the molecule is COc1ccc(C(OC[C@@H]2CC[C@H](n3cnc4c(=O)[nH]c(NC(=O)CCNC(=O)OCC5c6ccccc6-c6ccccc65)nc43)O2)(c2ccccc2)c2ccc(OC)cc2)cc1.COc1ccc(C(OC[C@@H]2CC[C@H](n3cnc4c(=O)[nH]c(NC(=O)CCNC(=O)Oc5cn(C(=O)OCCS(=O)(=O)c6ccccc6)c6ccccc56)nc43)O2)(c2ccccc2)c2ccc(OC)cc2)cc1.O.O. The lowest BCUT2D eigenvalue weighted by atomic mass is 9.80. The molecule has 2 fully saturated rings. The van der Waals surface area contributed by atoms with E-state index < -0.39 is 87.1 Å². The van der Waals surface area contributed by atoms with Gasteiger partial charge in [0.25, 0.3) is 11.1 Å². The molecule has 4 atom stereocenters. The molecule has 0 spiro atoms. The summed E-state index contributed by atoms with van der Waals surface area (Å²) in [5, 5.41) is 10.8. The van der Waals surface area contributed by atoms with Crippen LogP contribution < -0.4 is 56.1 Å². The van der Waals surface area contributed by atoms with E-state index in [1.54, 1.807) is 80.0 Å². The lowest BCUT2D eigenvalue weighted by Gasteiger charge is -2.37. The van der Waals surface area contributed by atoms with Crippen LogP contribution in [-0.2, 0) is 59.0 Å². The zero-order valence-corrected chi connectivity index (χ0v) is 75.7. The van der Waals surface area contributed by atoms with E-state index in [9.17, 15) is 42.0 Å². The quantitative estimate of drug-likeness (QED) is 0.0208. The maximum absolute atomic E-state index is 13.2. The number of carbonyl (C=O) groups is 5. The Morgan fingerprint density at radius 3 is 1.29 bits per heavy atom. The second-order valence-corrected chi connectivity index (χ2v) is 34.1. The zero-order chi connectivity index (χ0) is 93.6. The van der Waals surface area contributed by atoms with Crippen molar-refractivity contribution in [3.63, 3.8) is 0 Å². The van der Waals surface area contributed by atoms with E-state index in [1.807, 2.05) is 194 Å². The number of ether oxygens (including phenoxy) is 11. The summed E-state index contributed by atoms with van der Waals surface area (Å²) in [5.41, 5.74) is 7.65. The monoisotopic (exact) mass is 1880 g/mol. The predicted octanol–water partition coefficient (Wildman–Crippen LogP) is 13.4. The smallest absolute Gasteiger partial charge is 0.418 e. The van der Waals surface area contributed by atoms with Gasteiger partial charge in [-0.15, -0.1) is 0 Å². The number of amides is 4. The van der Waals surface area contributed by atoms with E-state index in [0.29, 0.717) is 48.1 Å². The Labute approximate surface area is 784 Å². The third kappa shape index (κ3) is 21.0. The topological polar surface area (TPSA) is 464 Å². The van der Waals surface area contributed by atoms with Crippen molar-refractivity contribution in [2.75, 3.05) is 84.3 Å². The fourth-order valence-electron chi connectivity index (χ4n) is 17.2. The molecule has 0 unspecified atom stereocenters. The number of sulfone groups is 1. The molecular formula is C101H99N13O22S. The highest BCUT2D eigenvalue weighted by atomic mass is 32.2. The number of anilines is 2. The average molecular weight is 1880 g/mol. The summed E-state index contributed by atoms with van der Waals surface area (Å²) in [6.45, 7) is 0.00389. The molecule has 36 heteroatoms. The summed E-state index contributed by atoms with van der Waals surface area (Å²) in [6.07, 6.45) is 2.16. The van der Waals surface area contributed by atoms with E-state index in [-0.39, 0.29) is 120 Å². The number of para-hydroxylation sites is 1. The molecule has 2 saturated heterocycles. The van der Waals surface area contributed by atoms with Gasteiger partial charge in [0.1, 0.15) is 59.9 Å². The summed E-state index contributed by atoms with van der Waals surface area (Å²) in [5.74, 6) is 1.12. The first-order chi connectivity index (χ1) is 65.8. The van der Waals surface area contributed by atoms with Crippen molar-refractivity contribution in [2.45, 2.75) is 85.2 Å². The summed E-state index contributed by atoms with van der Waals surface area (Å²) in [4.78, 5) is 114. The van der Waals surface area contributed by atoms with Gasteiger partial charge in [-0.05, 0) is 154 Å². The molecule has 35 nitrogen and oxygen atoms in total. The number of rotatable bonds is 33. The number of nitrogens with zero attached hydrogens (tertiary/aromatic N) is 7. The van der Waals surface area contributed by atoms with Crippen LogP contribution in [0.4, 0.5) is 26.3 Å². The number of aromatic nitrogens is 9. The molecule has 1 aliphatic carbocycles. The van der Waals surface area contributed by atoms with Crippen LogP contribution in [0.25, 0.3) is 44.4 Å². The van der Waals surface area contributed by atoms with E-state index in [0.717, 1.165) is 71.7 Å². The van der Waals surface area contributed by atoms with Crippen LogP contribution in [0, 0.1) is 0 Å². The first-order valence-corrected chi connectivity index (χ1v) is 45.4. The normalized spacial score (nSPS) is 15.0. The van der Waals surface area contributed by atoms with Crippen LogP contribution in [0.15, 0.2) is 294 Å². The van der Waals surface area contributed by atoms with Gasteiger partial charge >= 0.3 is 18.3 Å². The number of hydrogen-bond donors (Lipinski definition) is 6. The van der Waals surface area contributed by atoms with Gasteiger partial charge in [-0.1, -0.05) is 188 Å². The van der Waals surface area contributed by atoms with Gasteiger partial charge < -0.3 is 73.7 Å². The number of fused-ring (bicyclic) bond motifs is 6. The Morgan fingerprint density at radius 1 is 0.460 bits per heavy atom. The van der Waals surface area contributed by atoms with Gasteiger partial charge in [0.15, 0.2) is 37.9 Å². The van der Waals surface area contributed by atoms with Crippen molar-refractivity contribution in [3.05, 3.63) is 345 Å². The van der Waals surface area contributed by atoms with Crippen molar-refractivity contribution in [2.24, 2.45) is 0 Å². The highest BCUT2D eigenvalue weighted by Crippen LogP contribution is 2.48. The number of imidazole rings is 2. The second-order valence-electron chi connectivity index (χ2n) is 32.0. The van der Waals surface area contributed by atoms with Crippen molar-refractivity contribution < 1.29 is 95.4 Å². The number of alkyl carbamates (subject to hydrolysis) is 1. The number of carbonyl (C=O) groups excluding carboxylic acids is 5. The van der Waals surface area contributed by atoms with Crippen LogP contribution in [0.1, 0.15) is 101 Å². The van der Waals surface area contributed by atoms with E-state index in [4.69, 9.17) is 52.1 Å². The first-order valence-electron chi connectivity index (χ1n) is 43.7. The number of nitrogens with one attached hydrogen (secondary N) is 6. The van der Waals surface area contributed by atoms with Crippen LogP contribution >= 0.6 is 0 Å². The zero-order valence-electron chi connectivity index (χ0n) is 74.8. The Morgan fingerprint density at radius 2 is 0.854 bits per heavy atom. The second kappa shape index (κ2) is 43.1. The molecule has 15 aromatic rings. The van der Waals surface area contributed by atoms with Crippen LogP contribution in [0.5, 0.6) is 28.7 Å². The highest BCUT2D eigenvalue weighted by molar-refractivity contribution is 7.91. The van der Waals surface area contributed by atoms with Gasteiger partial charge in [-0.25, -0.2) is 37.3 Å². The average Bonchev–Trinajstić information content (AvgIpc) is 1.01. The number of aromatic amines is 2. The lowest BCUT2D eigenvalue weighted by Crippen LogP contribution is -2.35. The molecule has 3 aliphatic rings. The van der Waals surface area contributed by atoms with Crippen molar-refractivity contribution >= 4 is 85.1 Å². The van der Waals surface area contributed by atoms with Crippen LogP contribution in [0.2, 0.25) is 0 Å². The third-order valence-electron chi connectivity index (χ3n) is 23.8. The number of H-pyrrole nitrogens is 2. The molecule has 706 valence electrons. The molecule has 18 rings (SSSR count). The van der Waals surface area contributed by atoms with Crippen molar-refractivity contribution in [3.8, 4) is 39.9 Å². The summed E-state index contributed by atoms with van der Waals surface area (Å²) >= 11 is 0. The fraction of sp³-hybridized carbons (Fsp3) is 0.238. The summed E-state index contributed by atoms with van der Waals surface area (Å²) < 4.78 is 95.4. The number of hydrogen-bond acceptors (Lipinski definition) is 24. The molecule has 137 heavy (non-hydrogen) atoms. The summed E-state index contributed by atoms with van der Waals surface area (Å²) in [7, 11) is 2.81. The van der Waals surface area contributed by atoms with E-state index in [2.05, 4.69) is 63.3 Å². The van der Waals surface area contributed by atoms with E-state index in [1.165, 1.54) is 31.0 Å². The summed E-state index contributed by atoms with van der Waals surface area (Å²) in [6, 6.07) is 81.8. The van der Waals surface area contributed by atoms with Crippen molar-refractivity contribution in [1.29, 1.82) is 0 Å². The molecule has 5 aromatic heterocycles. The Balaban J connectivity index is 0.000000207. The third-order valence-corrected chi connectivity index (χ3v) is 25.5. The van der Waals surface area contributed by atoms with Gasteiger partial charge in [-0.2, -0.15) is 9.97 Å². The van der Waals surface area contributed by atoms with Gasteiger partial charge in [0, 0.05) is 37.2 Å². The van der Waals surface area contributed by atoms with Crippen LogP contribution in [-0.4, -0.2) is 179 Å².